The second kappa shape index (κ2) is 7.29. The van der Waals surface area contributed by atoms with Gasteiger partial charge in [-0.3, -0.25) is 9.59 Å². The van der Waals surface area contributed by atoms with Crippen molar-refractivity contribution in [1.82, 2.24) is 4.90 Å². The number of hydrogen-bond donors (Lipinski definition) is 1. The Kier molecular flexibility index (Phi) is 5.58. The molecule has 24 heavy (non-hydrogen) atoms. The second-order valence-electron chi connectivity index (χ2n) is 5.34. The minimum absolute atomic E-state index is 0.0248. The molecule has 0 unspecified atom stereocenters. The molecule has 0 saturated carbocycles. The molecule has 0 aliphatic carbocycles. The van der Waals surface area contributed by atoms with Crippen LogP contribution >= 0.6 is 11.6 Å². The smallest absolute Gasteiger partial charge is 0.367 e. The van der Waals surface area contributed by atoms with Crippen molar-refractivity contribution in [3.8, 4) is 0 Å². The number of amides is 2. The predicted molar refractivity (Wildman–Crippen MR) is 85.2 cm³/mol. The summed E-state index contributed by atoms with van der Waals surface area (Å²) in [6, 6.07) is 4.98. The SMILES string of the molecule is CCC(=O)Nc1ccc(N2CCN(C(=O)C(F)(F)F)CC2)c(Cl)c1. The maximum absolute atomic E-state index is 12.4. The van der Waals surface area contributed by atoms with Gasteiger partial charge in [0.05, 0.1) is 10.7 Å². The number of benzene rings is 1. The third-order valence-electron chi connectivity index (χ3n) is 3.70. The summed E-state index contributed by atoms with van der Waals surface area (Å²) in [5.74, 6) is -1.95. The van der Waals surface area contributed by atoms with Crippen LogP contribution in [0.1, 0.15) is 13.3 Å². The van der Waals surface area contributed by atoms with Gasteiger partial charge in [0.1, 0.15) is 0 Å². The lowest BCUT2D eigenvalue weighted by Gasteiger charge is -2.36. The van der Waals surface area contributed by atoms with Gasteiger partial charge in [0, 0.05) is 38.3 Å². The fourth-order valence-electron chi connectivity index (χ4n) is 2.42. The summed E-state index contributed by atoms with van der Waals surface area (Å²) in [4.78, 5) is 25.2. The molecule has 2 amide bonds. The standard InChI is InChI=1S/C15H17ClF3N3O2/c1-2-13(23)20-10-3-4-12(11(16)9-10)21-5-7-22(8-6-21)14(24)15(17,18)19/h3-4,9H,2,5-8H2,1H3,(H,20,23). The van der Waals surface area contributed by atoms with E-state index in [4.69, 9.17) is 11.6 Å². The highest BCUT2D eigenvalue weighted by atomic mass is 35.5. The Bertz CT molecular complexity index is 629. The minimum Gasteiger partial charge on any atom is -0.367 e. The quantitative estimate of drug-likeness (QED) is 0.898. The maximum Gasteiger partial charge on any atom is 0.471 e. The molecular formula is C15H17ClF3N3O2. The average molecular weight is 364 g/mol. The van der Waals surface area contributed by atoms with Crippen LogP contribution in [0.25, 0.3) is 0 Å². The van der Waals surface area contributed by atoms with E-state index >= 15 is 0 Å². The summed E-state index contributed by atoms with van der Waals surface area (Å²) in [6.45, 7) is 2.18. The van der Waals surface area contributed by atoms with Crippen molar-refractivity contribution < 1.29 is 22.8 Å². The van der Waals surface area contributed by atoms with E-state index in [1.54, 1.807) is 25.1 Å². The number of halogens is 4. The molecule has 132 valence electrons. The van der Waals surface area contributed by atoms with Gasteiger partial charge in [-0.05, 0) is 18.2 Å². The summed E-state index contributed by atoms with van der Waals surface area (Å²) >= 11 is 6.21. The van der Waals surface area contributed by atoms with E-state index < -0.39 is 12.1 Å². The molecule has 0 bridgehead atoms. The third-order valence-corrected chi connectivity index (χ3v) is 4.01. The van der Waals surface area contributed by atoms with Crippen LogP contribution in [0.4, 0.5) is 24.5 Å². The van der Waals surface area contributed by atoms with E-state index in [-0.39, 0.29) is 32.1 Å². The van der Waals surface area contributed by atoms with Crippen molar-refractivity contribution in [3.63, 3.8) is 0 Å². The molecule has 0 atom stereocenters. The molecule has 1 aliphatic rings. The van der Waals surface area contributed by atoms with Crippen molar-refractivity contribution in [3.05, 3.63) is 23.2 Å². The van der Waals surface area contributed by atoms with Gasteiger partial charge in [0.15, 0.2) is 0 Å². The fraction of sp³-hybridized carbons (Fsp3) is 0.467. The first-order chi connectivity index (χ1) is 11.2. The van der Waals surface area contributed by atoms with Gasteiger partial charge < -0.3 is 15.1 Å². The summed E-state index contributed by atoms with van der Waals surface area (Å²) in [7, 11) is 0. The number of carbonyl (C=O) groups is 2. The number of carbonyl (C=O) groups excluding carboxylic acids is 2. The molecule has 0 aromatic heterocycles. The summed E-state index contributed by atoms with van der Waals surface area (Å²) in [5.41, 5.74) is 1.21. The molecule has 1 N–H and O–H groups in total. The van der Waals surface area contributed by atoms with E-state index in [0.717, 1.165) is 4.90 Å². The normalized spacial score (nSPS) is 15.4. The van der Waals surface area contributed by atoms with E-state index in [1.165, 1.54) is 0 Å². The molecule has 1 aromatic rings. The average Bonchev–Trinajstić information content (AvgIpc) is 2.53. The number of rotatable bonds is 3. The highest BCUT2D eigenvalue weighted by Gasteiger charge is 2.43. The Morgan fingerprint density at radius 2 is 1.83 bits per heavy atom. The lowest BCUT2D eigenvalue weighted by Crippen LogP contribution is -2.52. The highest BCUT2D eigenvalue weighted by molar-refractivity contribution is 6.33. The lowest BCUT2D eigenvalue weighted by molar-refractivity contribution is -0.185. The van der Waals surface area contributed by atoms with Gasteiger partial charge in [0.25, 0.3) is 0 Å². The van der Waals surface area contributed by atoms with Gasteiger partial charge >= 0.3 is 12.1 Å². The number of nitrogens with one attached hydrogen (secondary N) is 1. The number of hydrogen-bond acceptors (Lipinski definition) is 3. The van der Waals surface area contributed by atoms with Crippen molar-refractivity contribution in [2.75, 3.05) is 36.4 Å². The van der Waals surface area contributed by atoms with Crippen LogP contribution in [0.2, 0.25) is 5.02 Å². The molecular weight excluding hydrogens is 347 g/mol. The molecule has 1 heterocycles. The third kappa shape index (κ3) is 4.31. The van der Waals surface area contributed by atoms with E-state index in [2.05, 4.69) is 5.32 Å². The van der Waals surface area contributed by atoms with E-state index in [0.29, 0.717) is 22.8 Å². The van der Waals surface area contributed by atoms with Gasteiger partial charge in [-0.25, -0.2) is 0 Å². The number of piperazine rings is 1. The number of alkyl halides is 3. The first-order valence-electron chi connectivity index (χ1n) is 7.42. The van der Waals surface area contributed by atoms with Crippen LogP contribution in [0, 0.1) is 0 Å². The van der Waals surface area contributed by atoms with Crippen LogP contribution in [0.3, 0.4) is 0 Å². The fourth-order valence-corrected chi connectivity index (χ4v) is 2.72. The van der Waals surface area contributed by atoms with Crippen LogP contribution in [-0.2, 0) is 9.59 Å². The Morgan fingerprint density at radius 3 is 2.33 bits per heavy atom. The van der Waals surface area contributed by atoms with Crippen LogP contribution in [-0.4, -0.2) is 49.1 Å². The molecule has 1 aliphatic heterocycles. The Balaban J connectivity index is 2.01. The first-order valence-corrected chi connectivity index (χ1v) is 7.80. The molecule has 9 heteroatoms. The number of anilines is 2. The Hall–Kier alpha value is -1.96. The molecule has 1 fully saturated rings. The van der Waals surface area contributed by atoms with Crippen molar-refractivity contribution in [2.45, 2.75) is 19.5 Å². The first kappa shape index (κ1) is 18.4. The number of nitrogens with zero attached hydrogens (tertiary/aromatic N) is 2. The monoisotopic (exact) mass is 363 g/mol. The molecule has 2 rings (SSSR count). The lowest BCUT2D eigenvalue weighted by atomic mass is 10.2. The van der Waals surface area contributed by atoms with Gasteiger partial charge in [-0.1, -0.05) is 18.5 Å². The minimum atomic E-state index is -4.85. The summed E-state index contributed by atoms with van der Waals surface area (Å²) in [6.07, 6.45) is -4.51. The van der Waals surface area contributed by atoms with Crippen molar-refractivity contribution in [2.24, 2.45) is 0 Å². The second-order valence-corrected chi connectivity index (χ2v) is 5.75. The molecule has 0 radical (unpaired) electrons. The summed E-state index contributed by atoms with van der Waals surface area (Å²) < 4.78 is 37.3. The zero-order chi connectivity index (χ0) is 17.9. The molecule has 0 spiro atoms. The zero-order valence-electron chi connectivity index (χ0n) is 13.0. The van der Waals surface area contributed by atoms with Gasteiger partial charge in [-0.2, -0.15) is 13.2 Å². The molecule has 1 aromatic carbocycles. The summed E-state index contributed by atoms with van der Waals surface area (Å²) in [5, 5.41) is 3.07. The van der Waals surface area contributed by atoms with Crippen LogP contribution < -0.4 is 10.2 Å². The van der Waals surface area contributed by atoms with Gasteiger partial charge in [-0.15, -0.1) is 0 Å². The topological polar surface area (TPSA) is 52.7 Å². The van der Waals surface area contributed by atoms with Crippen molar-refractivity contribution in [1.29, 1.82) is 0 Å². The predicted octanol–water partition coefficient (Wildman–Crippen LogP) is 2.90. The van der Waals surface area contributed by atoms with Crippen LogP contribution in [0.15, 0.2) is 18.2 Å². The van der Waals surface area contributed by atoms with Crippen LogP contribution in [0.5, 0.6) is 0 Å². The Morgan fingerprint density at radius 1 is 1.21 bits per heavy atom. The molecule has 5 nitrogen and oxygen atoms in total. The maximum atomic E-state index is 12.4. The van der Waals surface area contributed by atoms with Gasteiger partial charge in [0.2, 0.25) is 5.91 Å². The Labute approximate surface area is 142 Å². The zero-order valence-corrected chi connectivity index (χ0v) is 13.7. The molecule has 1 saturated heterocycles. The largest absolute Gasteiger partial charge is 0.471 e. The van der Waals surface area contributed by atoms with E-state index in [9.17, 15) is 22.8 Å². The van der Waals surface area contributed by atoms with Crippen molar-refractivity contribution >= 4 is 34.8 Å². The highest BCUT2D eigenvalue weighted by Crippen LogP contribution is 2.30. The van der Waals surface area contributed by atoms with E-state index in [1.807, 2.05) is 4.90 Å².